The molecule has 1 fully saturated rings. The highest BCUT2D eigenvalue weighted by atomic mass is 16.2. The van der Waals surface area contributed by atoms with E-state index in [1.165, 1.54) is 5.69 Å². The van der Waals surface area contributed by atoms with Gasteiger partial charge in [0.2, 0.25) is 0 Å². The van der Waals surface area contributed by atoms with Crippen LogP contribution in [0, 0.1) is 0 Å². The van der Waals surface area contributed by atoms with E-state index in [9.17, 15) is 4.79 Å². The van der Waals surface area contributed by atoms with Gasteiger partial charge in [-0.3, -0.25) is 0 Å². The Morgan fingerprint density at radius 3 is 2.17 bits per heavy atom. The number of nitrogens with zero attached hydrogens (tertiary/aromatic N) is 2. The second kappa shape index (κ2) is 7.18. The third-order valence-corrected chi connectivity index (χ3v) is 4.49. The number of urea groups is 1. The van der Waals surface area contributed by atoms with Crippen LogP contribution in [0.5, 0.6) is 0 Å². The van der Waals surface area contributed by atoms with E-state index >= 15 is 0 Å². The highest BCUT2D eigenvalue weighted by Crippen LogP contribution is 2.22. The van der Waals surface area contributed by atoms with Gasteiger partial charge in [-0.1, -0.05) is 36.4 Å². The minimum atomic E-state index is -0.00276. The molecule has 0 spiro atoms. The van der Waals surface area contributed by atoms with Crippen LogP contribution in [-0.2, 0) is 0 Å². The average molecular weight is 309 g/mol. The van der Waals surface area contributed by atoms with Gasteiger partial charge in [-0.05, 0) is 37.1 Å². The van der Waals surface area contributed by atoms with E-state index in [1.807, 2.05) is 41.3 Å². The molecule has 4 heteroatoms. The summed E-state index contributed by atoms with van der Waals surface area (Å²) in [6, 6.07) is 20.5. The van der Waals surface area contributed by atoms with Crippen LogP contribution >= 0.6 is 0 Å². The van der Waals surface area contributed by atoms with Gasteiger partial charge in [-0.25, -0.2) is 4.79 Å². The van der Waals surface area contributed by atoms with Crippen LogP contribution in [0.25, 0.3) is 0 Å². The summed E-state index contributed by atoms with van der Waals surface area (Å²) in [6.45, 7) is 1.58. The van der Waals surface area contributed by atoms with Crippen molar-refractivity contribution in [3.63, 3.8) is 0 Å². The van der Waals surface area contributed by atoms with Crippen LogP contribution in [0.2, 0.25) is 0 Å². The lowest BCUT2D eigenvalue weighted by Gasteiger charge is -2.37. The van der Waals surface area contributed by atoms with Crippen molar-refractivity contribution in [3.05, 3.63) is 60.7 Å². The molecule has 120 valence electrons. The molecule has 0 atom stereocenters. The molecule has 2 amide bonds. The zero-order valence-corrected chi connectivity index (χ0v) is 13.5. The van der Waals surface area contributed by atoms with Crippen molar-refractivity contribution >= 4 is 17.4 Å². The van der Waals surface area contributed by atoms with Gasteiger partial charge < -0.3 is 15.1 Å². The zero-order valence-electron chi connectivity index (χ0n) is 13.5. The fraction of sp³-hybridized carbons (Fsp3) is 0.316. The van der Waals surface area contributed by atoms with Gasteiger partial charge in [0.25, 0.3) is 0 Å². The fourth-order valence-electron chi connectivity index (χ4n) is 3.05. The molecule has 0 aliphatic carbocycles. The molecule has 0 saturated carbocycles. The first-order valence-corrected chi connectivity index (χ1v) is 8.13. The highest BCUT2D eigenvalue weighted by molar-refractivity contribution is 5.89. The standard InChI is InChI=1S/C19H23N3O/c1-21(17-10-6-3-7-11-17)18-12-14-22(15-13-18)19(23)20-16-8-4-2-5-9-16/h2-11,18H,12-15H2,1H3,(H,20,23). The molecule has 0 unspecified atom stereocenters. The molecular weight excluding hydrogens is 286 g/mol. The lowest BCUT2D eigenvalue weighted by Crippen LogP contribution is -2.47. The smallest absolute Gasteiger partial charge is 0.321 e. The van der Waals surface area contributed by atoms with E-state index in [2.05, 4.69) is 41.5 Å². The first-order chi connectivity index (χ1) is 11.2. The number of anilines is 2. The Labute approximate surface area is 137 Å². The number of amides is 2. The quantitative estimate of drug-likeness (QED) is 0.935. The van der Waals surface area contributed by atoms with Gasteiger partial charge >= 0.3 is 6.03 Å². The third kappa shape index (κ3) is 3.83. The van der Waals surface area contributed by atoms with E-state index in [0.717, 1.165) is 31.6 Å². The minimum Gasteiger partial charge on any atom is -0.371 e. The van der Waals surface area contributed by atoms with Crippen LogP contribution in [0.3, 0.4) is 0 Å². The van der Waals surface area contributed by atoms with Crippen molar-refractivity contribution in [3.8, 4) is 0 Å². The maximum absolute atomic E-state index is 12.3. The Kier molecular flexibility index (Phi) is 4.81. The summed E-state index contributed by atoms with van der Waals surface area (Å²) in [5.74, 6) is 0. The molecule has 1 aliphatic heterocycles. The predicted molar refractivity (Wildman–Crippen MR) is 94.9 cm³/mol. The summed E-state index contributed by atoms with van der Waals surface area (Å²) in [7, 11) is 2.14. The lowest BCUT2D eigenvalue weighted by molar-refractivity contribution is 0.194. The number of rotatable bonds is 3. The number of benzene rings is 2. The Hall–Kier alpha value is -2.49. The number of carbonyl (C=O) groups excluding carboxylic acids is 1. The second-order valence-electron chi connectivity index (χ2n) is 5.96. The SMILES string of the molecule is CN(c1ccccc1)C1CCN(C(=O)Nc2ccccc2)CC1. The number of piperidine rings is 1. The number of likely N-dealkylation sites (tertiary alicyclic amines) is 1. The zero-order chi connectivity index (χ0) is 16.1. The van der Waals surface area contributed by atoms with E-state index < -0.39 is 0 Å². The topological polar surface area (TPSA) is 35.6 Å². The predicted octanol–water partition coefficient (Wildman–Crippen LogP) is 3.82. The van der Waals surface area contributed by atoms with Gasteiger partial charge in [0.1, 0.15) is 0 Å². The number of para-hydroxylation sites is 2. The molecule has 4 nitrogen and oxygen atoms in total. The molecule has 23 heavy (non-hydrogen) atoms. The summed E-state index contributed by atoms with van der Waals surface area (Å²) in [5, 5.41) is 2.96. The lowest BCUT2D eigenvalue weighted by atomic mass is 10.0. The second-order valence-corrected chi connectivity index (χ2v) is 5.96. The molecule has 3 rings (SSSR count). The molecule has 0 aromatic heterocycles. The maximum atomic E-state index is 12.3. The number of hydrogen-bond acceptors (Lipinski definition) is 2. The molecular formula is C19H23N3O. The summed E-state index contributed by atoms with van der Waals surface area (Å²) in [4.78, 5) is 16.5. The van der Waals surface area contributed by atoms with Gasteiger partial charge in [0.05, 0.1) is 0 Å². The van der Waals surface area contributed by atoms with Gasteiger partial charge in [-0.15, -0.1) is 0 Å². The van der Waals surface area contributed by atoms with Crippen molar-refractivity contribution < 1.29 is 4.79 Å². The summed E-state index contributed by atoms with van der Waals surface area (Å²) in [5.41, 5.74) is 2.08. The molecule has 2 aromatic rings. The van der Waals surface area contributed by atoms with E-state index in [1.54, 1.807) is 0 Å². The molecule has 0 bridgehead atoms. The van der Waals surface area contributed by atoms with Crippen LogP contribution < -0.4 is 10.2 Å². The van der Waals surface area contributed by atoms with Crippen LogP contribution in [0.4, 0.5) is 16.2 Å². The van der Waals surface area contributed by atoms with Crippen LogP contribution in [-0.4, -0.2) is 37.1 Å². The summed E-state index contributed by atoms with van der Waals surface area (Å²) in [6.07, 6.45) is 1.99. The van der Waals surface area contributed by atoms with Crippen molar-refractivity contribution in [2.24, 2.45) is 0 Å². The molecule has 0 radical (unpaired) electrons. The monoisotopic (exact) mass is 309 g/mol. The van der Waals surface area contributed by atoms with Crippen molar-refractivity contribution in [1.29, 1.82) is 0 Å². The first kappa shape index (κ1) is 15.4. The highest BCUT2D eigenvalue weighted by Gasteiger charge is 2.25. The van der Waals surface area contributed by atoms with Crippen LogP contribution in [0.1, 0.15) is 12.8 Å². The number of nitrogens with one attached hydrogen (secondary N) is 1. The van der Waals surface area contributed by atoms with E-state index in [-0.39, 0.29) is 6.03 Å². The van der Waals surface area contributed by atoms with E-state index in [4.69, 9.17) is 0 Å². The molecule has 1 heterocycles. The average Bonchev–Trinajstić information content (AvgIpc) is 2.63. The molecule has 1 aliphatic rings. The maximum Gasteiger partial charge on any atom is 0.321 e. The fourth-order valence-corrected chi connectivity index (χ4v) is 3.05. The molecule has 1 saturated heterocycles. The van der Waals surface area contributed by atoms with Gasteiger partial charge in [0, 0.05) is 37.6 Å². The van der Waals surface area contributed by atoms with Gasteiger partial charge in [0.15, 0.2) is 0 Å². The third-order valence-electron chi connectivity index (χ3n) is 4.49. The Balaban J connectivity index is 1.53. The largest absolute Gasteiger partial charge is 0.371 e. The minimum absolute atomic E-state index is 0.00276. The Morgan fingerprint density at radius 1 is 1.00 bits per heavy atom. The first-order valence-electron chi connectivity index (χ1n) is 8.13. The number of carbonyl (C=O) groups is 1. The molecule has 1 N–H and O–H groups in total. The van der Waals surface area contributed by atoms with Crippen molar-refractivity contribution in [1.82, 2.24) is 4.90 Å². The van der Waals surface area contributed by atoms with Crippen molar-refractivity contribution in [2.45, 2.75) is 18.9 Å². The Morgan fingerprint density at radius 2 is 1.57 bits per heavy atom. The molecule has 2 aromatic carbocycles. The number of hydrogen-bond donors (Lipinski definition) is 1. The normalized spacial score (nSPS) is 15.3. The van der Waals surface area contributed by atoms with Crippen molar-refractivity contribution in [2.75, 3.05) is 30.4 Å². The Bertz CT molecular complexity index is 622. The van der Waals surface area contributed by atoms with Gasteiger partial charge in [-0.2, -0.15) is 0 Å². The van der Waals surface area contributed by atoms with E-state index in [0.29, 0.717) is 6.04 Å². The van der Waals surface area contributed by atoms with Crippen LogP contribution in [0.15, 0.2) is 60.7 Å². The summed E-state index contributed by atoms with van der Waals surface area (Å²) >= 11 is 0. The summed E-state index contributed by atoms with van der Waals surface area (Å²) < 4.78 is 0.